The average molecular weight is 495 g/mol. The summed E-state index contributed by atoms with van der Waals surface area (Å²) in [5.74, 6) is -0.224. The van der Waals surface area contributed by atoms with E-state index < -0.39 is 14.9 Å². The van der Waals surface area contributed by atoms with Gasteiger partial charge in [-0.3, -0.25) is 19.6 Å². The molecule has 0 spiro atoms. The second kappa shape index (κ2) is 9.75. The van der Waals surface area contributed by atoms with E-state index in [0.29, 0.717) is 43.0 Å². The topological polar surface area (TPSA) is 113 Å². The van der Waals surface area contributed by atoms with E-state index >= 15 is 0 Å². The molecule has 1 fully saturated rings. The van der Waals surface area contributed by atoms with Crippen molar-refractivity contribution < 1.29 is 18.1 Å². The molecule has 0 radical (unpaired) electrons. The van der Waals surface area contributed by atoms with Gasteiger partial charge >= 0.3 is 0 Å². The number of piperazine rings is 1. The number of aryl methyl sites for hydroxylation is 2. The van der Waals surface area contributed by atoms with Crippen molar-refractivity contribution in [1.82, 2.24) is 4.90 Å². The molecule has 1 amide bonds. The maximum absolute atomic E-state index is 13.3. The van der Waals surface area contributed by atoms with E-state index in [1.165, 1.54) is 24.3 Å². The van der Waals surface area contributed by atoms with Crippen molar-refractivity contribution in [2.75, 3.05) is 35.8 Å². The molecule has 3 aromatic rings. The first kappa shape index (κ1) is 24.2. The van der Waals surface area contributed by atoms with Crippen LogP contribution in [-0.4, -0.2) is 50.3 Å². The molecule has 0 aromatic heterocycles. The number of nitrogens with zero attached hydrogens (tertiary/aromatic N) is 3. The number of carbonyl (C=O) groups excluding carboxylic acids is 1. The molecule has 1 aliphatic rings. The van der Waals surface area contributed by atoms with E-state index in [0.717, 1.165) is 11.3 Å². The Balaban J connectivity index is 1.46. The Kier molecular flexibility index (Phi) is 6.74. The molecule has 0 saturated carbocycles. The molecule has 1 saturated heterocycles. The van der Waals surface area contributed by atoms with Crippen LogP contribution in [0.25, 0.3) is 0 Å². The van der Waals surface area contributed by atoms with Gasteiger partial charge in [0.1, 0.15) is 0 Å². The molecular formula is C25H26N4O5S. The van der Waals surface area contributed by atoms with Crippen LogP contribution in [0, 0.1) is 24.0 Å². The van der Waals surface area contributed by atoms with Gasteiger partial charge in [0.25, 0.3) is 21.6 Å². The van der Waals surface area contributed by atoms with Gasteiger partial charge in [-0.15, -0.1) is 0 Å². The number of hydrogen-bond donors (Lipinski definition) is 1. The molecule has 1 heterocycles. The van der Waals surface area contributed by atoms with Gasteiger partial charge in [0.15, 0.2) is 0 Å². The second-order valence-electron chi connectivity index (χ2n) is 8.50. The minimum atomic E-state index is -3.86. The monoisotopic (exact) mass is 494 g/mol. The van der Waals surface area contributed by atoms with Gasteiger partial charge in [-0.1, -0.05) is 23.8 Å². The molecule has 1 N–H and O–H groups in total. The Labute approximate surface area is 204 Å². The zero-order valence-electron chi connectivity index (χ0n) is 19.5. The summed E-state index contributed by atoms with van der Waals surface area (Å²) in [5, 5.41) is 10.9. The number of hydrogen-bond acceptors (Lipinski definition) is 6. The van der Waals surface area contributed by atoms with Crippen LogP contribution < -0.4 is 9.62 Å². The summed E-state index contributed by atoms with van der Waals surface area (Å²) in [6.45, 7) is 5.74. The van der Waals surface area contributed by atoms with Gasteiger partial charge in [0.05, 0.1) is 9.82 Å². The lowest BCUT2D eigenvalue weighted by Gasteiger charge is -2.36. The van der Waals surface area contributed by atoms with E-state index in [1.807, 2.05) is 19.1 Å². The van der Waals surface area contributed by atoms with Crippen LogP contribution >= 0.6 is 0 Å². The van der Waals surface area contributed by atoms with Crippen LogP contribution in [0.5, 0.6) is 0 Å². The first-order valence-electron chi connectivity index (χ1n) is 11.1. The first-order valence-corrected chi connectivity index (χ1v) is 12.6. The predicted molar refractivity (Wildman–Crippen MR) is 134 cm³/mol. The molecule has 10 heteroatoms. The number of carbonyl (C=O) groups is 1. The molecule has 182 valence electrons. The van der Waals surface area contributed by atoms with E-state index in [-0.39, 0.29) is 16.5 Å². The van der Waals surface area contributed by atoms with Crippen molar-refractivity contribution >= 4 is 33.0 Å². The lowest BCUT2D eigenvalue weighted by Crippen LogP contribution is -2.49. The third-order valence-corrected chi connectivity index (χ3v) is 7.43. The first-order chi connectivity index (χ1) is 16.6. The molecule has 0 bridgehead atoms. The van der Waals surface area contributed by atoms with Crippen LogP contribution in [0.4, 0.5) is 17.1 Å². The van der Waals surface area contributed by atoms with Crippen LogP contribution in [-0.2, 0) is 10.0 Å². The van der Waals surface area contributed by atoms with E-state index in [1.54, 1.807) is 42.2 Å². The summed E-state index contributed by atoms with van der Waals surface area (Å²) in [7, 11) is -3.86. The number of non-ortho nitro benzene ring substituents is 1. The van der Waals surface area contributed by atoms with E-state index in [2.05, 4.69) is 9.62 Å². The summed E-state index contributed by atoms with van der Waals surface area (Å²) in [6.07, 6.45) is 0. The third-order valence-electron chi connectivity index (χ3n) is 6.05. The maximum Gasteiger partial charge on any atom is 0.269 e. The molecule has 35 heavy (non-hydrogen) atoms. The van der Waals surface area contributed by atoms with Crippen molar-refractivity contribution in [3.8, 4) is 0 Å². The van der Waals surface area contributed by atoms with Crippen LogP contribution in [0.3, 0.4) is 0 Å². The summed E-state index contributed by atoms with van der Waals surface area (Å²) in [4.78, 5) is 27.5. The number of nitro groups is 1. The fraction of sp³-hybridized carbons (Fsp3) is 0.240. The van der Waals surface area contributed by atoms with Gasteiger partial charge in [0.2, 0.25) is 0 Å². The Morgan fingerprint density at radius 2 is 1.54 bits per heavy atom. The number of benzene rings is 3. The Bertz CT molecular complexity index is 1350. The number of amides is 1. The largest absolute Gasteiger partial charge is 0.368 e. The molecular weight excluding hydrogens is 468 g/mol. The van der Waals surface area contributed by atoms with Crippen molar-refractivity contribution in [3.63, 3.8) is 0 Å². The highest BCUT2D eigenvalue weighted by molar-refractivity contribution is 7.92. The second-order valence-corrected chi connectivity index (χ2v) is 10.2. The van der Waals surface area contributed by atoms with Gasteiger partial charge in [-0.25, -0.2) is 8.42 Å². The van der Waals surface area contributed by atoms with Crippen LogP contribution in [0.2, 0.25) is 0 Å². The average Bonchev–Trinajstić information content (AvgIpc) is 2.85. The van der Waals surface area contributed by atoms with Crippen molar-refractivity contribution in [2.24, 2.45) is 0 Å². The van der Waals surface area contributed by atoms with Crippen molar-refractivity contribution in [2.45, 2.75) is 18.7 Å². The Morgan fingerprint density at radius 3 is 2.14 bits per heavy atom. The lowest BCUT2D eigenvalue weighted by atomic mass is 10.1. The summed E-state index contributed by atoms with van der Waals surface area (Å²) in [5.41, 5.74) is 3.40. The summed E-state index contributed by atoms with van der Waals surface area (Å²) in [6, 6.07) is 17.9. The number of sulfonamides is 1. The highest BCUT2D eigenvalue weighted by atomic mass is 32.2. The van der Waals surface area contributed by atoms with E-state index in [9.17, 15) is 23.3 Å². The normalized spacial score (nSPS) is 14.0. The highest BCUT2D eigenvalue weighted by Crippen LogP contribution is 2.23. The molecule has 0 unspecified atom stereocenters. The predicted octanol–water partition coefficient (Wildman–Crippen LogP) is 3.97. The zero-order chi connectivity index (χ0) is 25.2. The van der Waals surface area contributed by atoms with Crippen LogP contribution in [0.1, 0.15) is 21.5 Å². The summed E-state index contributed by atoms with van der Waals surface area (Å²) < 4.78 is 28.4. The van der Waals surface area contributed by atoms with Crippen LogP contribution in [0.15, 0.2) is 71.6 Å². The van der Waals surface area contributed by atoms with Gasteiger partial charge < -0.3 is 9.80 Å². The summed E-state index contributed by atoms with van der Waals surface area (Å²) >= 11 is 0. The molecule has 1 aliphatic heterocycles. The minimum absolute atomic E-state index is 0.0246. The smallest absolute Gasteiger partial charge is 0.269 e. The van der Waals surface area contributed by atoms with Gasteiger partial charge in [-0.05, 0) is 55.8 Å². The lowest BCUT2D eigenvalue weighted by molar-refractivity contribution is -0.384. The SMILES string of the molecule is Cc1ccc(NS(=O)(=O)c2ccc(C)c(C(=O)N3CCN(c4ccc([N+](=O)[O-])cc4)CC3)c2)cc1. The highest BCUT2D eigenvalue weighted by Gasteiger charge is 2.25. The zero-order valence-corrected chi connectivity index (χ0v) is 20.3. The quantitative estimate of drug-likeness (QED) is 0.410. The van der Waals surface area contributed by atoms with Gasteiger partial charge in [0, 0.05) is 55.2 Å². The molecule has 9 nitrogen and oxygen atoms in total. The van der Waals surface area contributed by atoms with Crippen molar-refractivity contribution in [1.29, 1.82) is 0 Å². The maximum atomic E-state index is 13.3. The Hall–Kier alpha value is -3.92. The molecule has 3 aromatic carbocycles. The third kappa shape index (κ3) is 5.43. The number of rotatable bonds is 6. The van der Waals surface area contributed by atoms with Crippen molar-refractivity contribution in [3.05, 3.63) is 93.5 Å². The Morgan fingerprint density at radius 1 is 0.914 bits per heavy atom. The van der Waals surface area contributed by atoms with Gasteiger partial charge in [-0.2, -0.15) is 0 Å². The van der Waals surface area contributed by atoms with E-state index in [4.69, 9.17) is 0 Å². The number of nitro benzene ring substituents is 1. The standard InChI is InChI=1S/C25H26N4O5S/c1-18-3-6-20(7-4-18)26-35(33,34)23-12-5-19(2)24(17-23)25(30)28-15-13-27(14-16-28)21-8-10-22(11-9-21)29(31)32/h3-12,17,26H,13-16H2,1-2H3. The molecule has 4 rings (SSSR count). The fourth-order valence-corrected chi connectivity index (χ4v) is 5.04. The molecule has 0 atom stereocenters. The minimum Gasteiger partial charge on any atom is -0.368 e. The number of nitrogens with one attached hydrogen (secondary N) is 1. The molecule has 0 aliphatic carbocycles. The fourth-order valence-electron chi connectivity index (χ4n) is 3.96. The number of anilines is 2.